The Hall–Kier alpha value is -3.28. The number of rotatable bonds is 4. The average molecular weight is 494 g/mol. The Labute approximate surface area is 206 Å². The Morgan fingerprint density at radius 2 is 1.97 bits per heavy atom. The van der Waals surface area contributed by atoms with Crippen molar-refractivity contribution in [3.63, 3.8) is 0 Å². The van der Waals surface area contributed by atoms with E-state index in [1.54, 1.807) is 16.2 Å². The number of anilines is 1. The molecule has 1 aromatic carbocycles. The molecule has 0 radical (unpaired) electrons. The van der Waals surface area contributed by atoms with Crippen LogP contribution < -0.4 is 4.90 Å². The van der Waals surface area contributed by atoms with Crippen molar-refractivity contribution in [2.45, 2.75) is 6.54 Å². The number of aromatic amines is 1. The first-order valence-electron chi connectivity index (χ1n) is 11.8. The molecule has 1 N–H and O–H groups in total. The predicted molar refractivity (Wildman–Crippen MR) is 135 cm³/mol. The zero-order valence-corrected chi connectivity index (χ0v) is 20.4. The molecule has 182 valence electrons. The minimum absolute atomic E-state index is 0.253. The zero-order valence-electron chi connectivity index (χ0n) is 19.6. The molecule has 0 bridgehead atoms. The first-order valence-corrected chi connectivity index (χ1v) is 12.6. The molecule has 35 heavy (non-hydrogen) atoms. The van der Waals surface area contributed by atoms with E-state index in [4.69, 9.17) is 19.4 Å². The lowest BCUT2D eigenvalue weighted by molar-refractivity contribution is 0.0892. The summed E-state index contributed by atoms with van der Waals surface area (Å²) >= 11 is 1.76. The van der Waals surface area contributed by atoms with E-state index in [1.165, 1.54) is 12.0 Å². The van der Waals surface area contributed by atoms with Crippen LogP contribution in [0.15, 0.2) is 30.5 Å². The maximum Gasteiger partial charge on any atom is 0.409 e. The molecule has 4 aromatic rings. The van der Waals surface area contributed by atoms with Crippen molar-refractivity contribution in [1.29, 1.82) is 0 Å². The minimum Gasteiger partial charge on any atom is -0.453 e. The van der Waals surface area contributed by atoms with Crippen molar-refractivity contribution in [2.24, 2.45) is 0 Å². The van der Waals surface area contributed by atoms with Gasteiger partial charge in [-0.05, 0) is 12.1 Å². The van der Waals surface area contributed by atoms with Crippen LogP contribution >= 0.6 is 11.3 Å². The van der Waals surface area contributed by atoms with Crippen LogP contribution in [-0.2, 0) is 16.0 Å². The van der Waals surface area contributed by atoms with Crippen LogP contribution in [0, 0.1) is 0 Å². The lowest BCUT2D eigenvalue weighted by Crippen LogP contribution is -2.48. The molecule has 6 rings (SSSR count). The third kappa shape index (κ3) is 4.30. The Morgan fingerprint density at radius 1 is 1.14 bits per heavy atom. The number of carbonyl (C=O) groups excluding carboxylic acids is 1. The number of thiophene rings is 1. The highest BCUT2D eigenvalue weighted by atomic mass is 32.1. The molecule has 0 spiro atoms. The van der Waals surface area contributed by atoms with Crippen LogP contribution in [0.5, 0.6) is 0 Å². The van der Waals surface area contributed by atoms with Crippen LogP contribution in [0.4, 0.5) is 10.6 Å². The fourth-order valence-electron chi connectivity index (χ4n) is 4.75. The molecular weight excluding hydrogens is 466 g/mol. The van der Waals surface area contributed by atoms with Crippen molar-refractivity contribution >= 4 is 44.4 Å². The van der Waals surface area contributed by atoms with Gasteiger partial charge in [0, 0.05) is 61.6 Å². The van der Waals surface area contributed by atoms with Gasteiger partial charge in [0.1, 0.15) is 0 Å². The largest absolute Gasteiger partial charge is 0.453 e. The van der Waals surface area contributed by atoms with Crippen LogP contribution in [0.2, 0.25) is 0 Å². The smallest absolute Gasteiger partial charge is 0.409 e. The third-order valence-electron chi connectivity index (χ3n) is 6.63. The van der Waals surface area contributed by atoms with Crippen LogP contribution in [0.3, 0.4) is 0 Å². The summed E-state index contributed by atoms with van der Waals surface area (Å²) in [4.78, 5) is 29.6. The van der Waals surface area contributed by atoms with E-state index in [2.05, 4.69) is 32.1 Å². The molecule has 2 fully saturated rings. The van der Waals surface area contributed by atoms with E-state index < -0.39 is 0 Å². The Bertz CT molecular complexity index is 1360. The Morgan fingerprint density at radius 3 is 2.77 bits per heavy atom. The SMILES string of the molecule is COC(=O)N1CCN(Cc2cc3nc(-c4cccc5[nH]ncc45)nc(N4CCOCC4)c3s2)CC1. The second-order valence-corrected chi connectivity index (χ2v) is 9.90. The van der Waals surface area contributed by atoms with Gasteiger partial charge in [0.05, 0.1) is 42.3 Å². The van der Waals surface area contributed by atoms with Crippen LogP contribution in [0.1, 0.15) is 4.88 Å². The number of H-pyrrole nitrogens is 1. The maximum absolute atomic E-state index is 11.8. The van der Waals surface area contributed by atoms with E-state index in [9.17, 15) is 4.79 Å². The van der Waals surface area contributed by atoms with Gasteiger partial charge in [0.15, 0.2) is 11.6 Å². The minimum atomic E-state index is -0.253. The predicted octanol–water partition coefficient (Wildman–Crippen LogP) is 2.96. The summed E-state index contributed by atoms with van der Waals surface area (Å²) in [7, 11) is 1.43. The maximum atomic E-state index is 11.8. The number of nitrogens with zero attached hydrogens (tertiary/aromatic N) is 6. The van der Waals surface area contributed by atoms with Gasteiger partial charge in [-0.25, -0.2) is 14.8 Å². The molecule has 0 aliphatic carbocycles. The number of hydrogen-bond donors (Lipinski definition) is 1. The van der Waals surface area contributed by atoms with Crippen LogP contribution in [0.25, 0.3) is 32.5 Å². The second-order valence-electron chi connectivity index (χ2n) is 8.77. The van der Waals surface area contributed by atoms with Crippen molar-refractivity contribution in [3.05, 3.63) is 35.3 Å². The summed E-state index contributed by atoms with van der Waals surface area (Å²) in [5.41, 5.74) is 2.90. The molecule has 3 aromatic heterocycles. The van der Waals surface area contributed by atoms with E-state index in [1.807, 2.05) is 18.3 Å². The first-order chi connectivity index (χ1) is 17.2. The summed E-state index contributed by atoms with van der Waals surface area (Å²) in [5, 5.41) is 8.26. The number of aromatic nitrogens is 4. The Balaban J connectivity index is 1.34. The van der Waals surface area contributed by atoms with Gasteiger partial charge in [-0.3, -0.25) is 10.00 Å². The van der Waals surface area contributed by atoms with Gasteiger partial charge in [-0.15, -0.1) is 11.3 Å². The normalized spacial score (nSPS) is 17.4. The second kappa shape index (κ2) is 9.40. The molecule has 1 amide bonds. The molecule has 2 aliphatic rings. The Kier molecular flexibility index (Phi) is 5.96. The third-order valence-corrected chi connectivity index (χ3v) is 7.73. The molecule has 0 atom stereocenters. The first kappa shape index (κ1) is 22.2. The number of hydrogen-bond acceptors (Lipinski definition) is 9. The van der Waals surface area contributed by atoms with E-state index in [0.717, 1.165) is 65.2 Å². The number of ether oxygens (including phenoxy) is 2. The summed E-state index contributed by atoms with van der Waals surface area (Å²) in [6.07, 6.45) is 1.58. The van der Waals surface area contributed by atoms with Crippen molar-refractivity contribution in [3.8, 4) is 11.4 Å². The van der Waals surface area contributed by atoms with Crippen molar-refractivity contribution in [2.75, 3.05) is 64.5 Å². The molecular formula is C24H27N7O3S. The highest BCUT2D eigenvalue weighted by Gasteiger charge is 2.24. The number of nitrogens with one attached hydrogen (secondary N) is 1. The summed E-state index contributed by atoms with van der Waals surface area (Å²) < 4.78 is 11.6. The quantitative estimate of drug-likeness (QED) is 0.463. The summed E-state index contributed by atoms with van der Waals surface area (Å²) in [6, 6.07) is 8.26. The highest BCUT2D eigenvalue weighted by molar-refractivity contribution is 7.19. The fourth-order valence-corrected chi connectivity index (χ4v) is 5.91. The monoisotopic (exact) mass is 493 g/mol. The molecule has 0 unspecified atom stereocenters. The number of fused-ring (bicyclic) bond motifs is 2. The molecule has 11 heteroatoms. The average Bonchev–Trinajstić information content (AvgIpc) is 3.55. The van der Waals surface area contributed by atoms with E-state index in [-0.39, 0.29) is 6.09 Å². The highest BCUT2D eigenvalue weighted by Crippen LogP contribution is 2.36. The van der Waals surface area contributed by atoms with Gasteiger partial charge in [0.25, 0.3) is 0 Å². The van der Waals surface area contributed by atoms with Gasteiger partial charge < -0.3 is 19.3 Å². The molecule has 2 saturated heterocycles. The molecule has 2 aliphatic heterocycles. The lowest BCUT2D eigenvalue weighted by Gasteiger charge is -2.33. The van der Waals surface area contributed by atoms with Crippen molar-refractivity contribution in [1.82, 2.24) is 30.0 Å². The number of amides is 1. The molecule has 10 nitrogen and oxygen atoms in total. The number of benzene rings is 1. The number of morpholine rings is 1. The molecule has 5 heterocycles. The number of methoxy groups -OCH3 is 1. The molecule has 0 saturated carbocycles. The van der Waals surface area contributed by atoms with Gasteiger partial charge in [0.2, 0.25) is 0 Å². The number of carbonyl (C=O) groups is 1. The van der Waals surface area contributed by atoms with Gasteiger partial charge in [-0.2, -0.15) is 5.10 Å². The fraction of sp³-hybridized carbons (Fsp3) is 0.417. The topological polar surface area (TPSA) is 99.7 Å². The zero-order chi connectivity index (χ0) is 23.8. The lowest BCUT2D eigenvalue weighted by atomic mass is 10.1. The number of piperazine rings is 1. The van der Waals surface area contributed by atoms with Crippen molar-refractivity contribution < 1.29 is 14.3 Å². The van der Waals surface area contributed by atoms with Crippen LogP contribution in [-0.4, -0.2) is 95.7 Å². The van der Waals surface area contributed by atoms with E-state index >= 15 is 0 Å². The standard InChI is InChI=1S/C24H27N7O3S/c1-33-24(32)31-7-5-29(6-8-31)15-16-13-20-21(35-16)23(30-9-11-34-12-10-30)27-22(26-20)17-3-2-4-19-18(17)14-25-28-19/h2-4,13-14H,5-12,15H2,1H3,(H,25,28). The summed E-state index contributed by atoms with van der Waals surface area (Å²) in [6.45, 7) is 6.82. The summed E-state index contributed by atoms with van der Waals surface area (Å²) in [5.74, 6) is 1.68. The van der Waals surface area contributed by atoms with Gasteiger partial charge in [-0.1, -0.05) is 12.1 Å². The van der Waals surface area contributed by atoms with Gasteiger partial charge >= 0.3 is 6.09 Å². The van der Waals surface area contributed by atoms with E-state index in [0.29, 0.717) is 32.1 Å².